The van der Waals surface area contributed by atoms with Crippen LogP contribution in [0.1, 0.15) is 51.4 Å². The summed E-state index contributed by atoms with van der Waals surface area (Å²) in [6.45, 7) is 14.0. The lowest BCUT2D eigenvalue weighted by Crippen LogP contribution is -2.37. The second-order valence-corrected chi connectivity index (χ2v) is 8.76. The van der Waals surface area contributed by atoms with Crippen LogP contribution in [0.5, 0.6) is 0 Å². The molecule has 0 radical (unpaired) electrons. The number of likely N-dealkylation sites (N-methyl/N-ethyl adjacent to an activating group) is 1. The van der Waals surface area contributed by atoms with Gasteiger partial charge >= 0.3 is 0 Å². The Hall–Kier alpha value is -2.63. The number of nitrogens with one attached hydrogen (secondary N) is 1. The summed E-state index contributed by atoms with van der Waals surface area (Å²) in [6, 6.07) is 8.03. The Labute approximate surface area is 167 Å². The molecular formula is C22H32N4O2. The zero-order valence-corrected chi connectivity index (χ0v) is 18.3. The second-order valence-electron chi connectivity index (χ2n) is 8.76. The van der Waals surface area contributed by atoms with Crippen molar-refractivity contribution in [3.63, 3.8) is 0 Å². The highest BCUT2D eigenvalue weighted by molar-refractivity contribution is 5.94. The topological polar surface area (TPSA) is 67.2 Å². The van der Waals surface area contributed by atoms with E-state index in [-0.39, 0.29) is 29.7 Å². The normalized spacial score (nSPS) is 11.6. The Kier molecular flexibility index (Phi) is 6.32. The summed E-state index contributed by atoms with van der Waals surface area (Å²) in [5.74, 6) is 0.148. The van der Waals surface area contributed by atoms with Gasteiger partial charge in [0.1, 0.15) is 5.82 Å². The number of nitrogens with zero attached hydrogens (tertiary/aromatic N) is 3. The summed E-state index contributed by atoms with van der Waals surface area (Å²) >= 11 is 0. The molecule has 1 aromatic carbocycles. The lowest BCUT2D eigenvalue weighted by atomic mass is 9.92. The molecule has 0 atom stereocenters. The van der Waals surface area contributed by atoms with Crippen LogP contribution < -0.4 is 5.32 Å². The number of benzene rings is 1. The molecule has 0 aliphatic heterocycles. The minimum absolute atomic E-state index is 0.0000749. The third-order valence-electron chi connectivity index (χ3n) is 4.58. The van der Waals surface area contributed by atoms with Gasteiger partial charge in [-0.3, -0.25) is 9.59 Å². The summed E-state index contributed by atoms with van der Waals surface area (Å²) in [5.41, 5.74) is 3.89. The van der Waals surface area contributed by atoms with Crippen LogP contribution in [0.15, 0.2) is 24.3 Å². The van der Waals surface area contributed by atoms with Gasteiger partial charge in [0.2, 0.25) is 11.8 Å². The third kappa shape index (κ3) is 5.00. The zero-order valence-electron chi connectivity index (χ0n) is 18.3. The Morgan fingerprint density at radius 2 is 1.82 bits per heavy atom. The smallest absolute Gasteiger partial charge is 0.245 e. The van der Waals surface area contributed by atoms with Crippen molar-refractivity contribution >= 4 is 17.6 Å². The fourth-order valence-corrected chi connectivity index (χ4v) is 2.98. The van der Waals surface area contributed by atoms with Gasteiger partial charge in [-0.2, -0.15) is 5.10 Å². The molecule has 0 unspecified atom stereocenters. The predicted molar refractivity (Wildman–Crippen MR) is 113 cm³/mol. The van der Waals surface area contributed by atoms with Gasteiger partial charge in [-0.15, -0.1) is 0 Å². The predicted octanol–water partition coefficient (Wildman–Crippen LogP) is 3.84. The van der Waals surface area contributed by atoms with E-state index in [0.29, 0.717) is 5.82 Å². The Bertz CT molecular complexity index is 875. The zero-order chi connectivity index (χ0) is 21.2. The number of hydrogen-bond donors (Lipinski definition) is 1. The number of carbonyl (C=O) groups excluding carboxylic acids is 2. The lowest BCUT2D eigenvalue weighted by Gasteiger charge is -2.19. The molecule has 2 rings (SSSR count). The number of hydrogen-bond acceptors (Lipinski definition) is 3. The van der Waals surface area contributed by atoms with E-state index in [4.69, 9.17) is 5.10 Å². The number of amides is 2. The second kappa shape index (κ2) is 8.17. The van der Waals surface area contributed by atoms with Crippen molar-refractivity contribution in [3.05, 3.63) is 41.1 Å². The number of rotatable bonds is 5. The highest BCUT2D eigenvalue weighted by Crippen LogP contribution is 2.27. The molecule has 2 amide bonds. The first kappa shape index (κ1) is 21.7. The van der Waals surface area contributed by atoms with E-state index in [2.05, 4.69) is 32.2 Å². The van der Waals surface area contributed by atoms with Crippen LogP contribution in [0.2, 0.25) is 0 Å². The molecule has 2 aromatic rings. The van der Waals surface area contributed by atoms with Gasteiger partial charge in [0, 0.05) is 24.4 Å². The molecule has 6 heteroatoms. The van der Waals surface area contributed by atoms with Crippen LogP contribution >= 0.6 is 0 Å². The molecule has 0 aliphatic carbocycles. The first-order valence-corrected chi connectivity index (χ1v) is 9.63. The van der Waals surface area contributed by atoms with Crippen molar-refractivity contribution in [1.29, 1.82) is 0 Å². The van der Waals surface area contributed by atoms with Crippen LogP contribution in [-0.2, 0) is 15.0 Å². The van der Waals surface area contributed by atoms with Crippen molar-refractivity contribution in [2.24, 2.45) is 5.92 Å². The maximum absolute atomic E-state index is 12.6. The molecule has 1 aromatic heterocycles. The molecule has 6 nitrogen and oxygen atoms in total. The van der Waals surface area contributed by atoms with Crippen LogP contribution in [0, 0.1) is 19.8 Å². The molecule has 1 N–H and O–H groups in total. The molecule has 1 heterocycles. The first-order valence-electron chi connectivity index (χ1n) is 9.63. The van der Waals surface area contributed by atoms with Crippen molar-refractivity contribution in [1.82, 2.24) is 14.7 Å². The summed E-state index contributed by atoms with van der Waals surface area (Å²) < 4.78 is 1.78. The van der Waals surface area contributed by atoms with Crippen molar-refractivity contribution in [2.75, 3.05) is 18.9 Å². The highest BCUT2D eigenvalue weighted by Gasteiger charge is 2.23. The molecule has 28 heavy (non-hydrogen) atoms. The van der Waals surface area contributed by atoms with Gasteiger partial charge in [-0.25, -0.2) is 4.68 Å². The average Bonchev–Trinajstić information content (AvgIpc) is 2.97. The van der Waals surface area contributed by atoms with E-state index in [1.54, 1.807) is 11.7 Å². The van der Waals surface area contributed by atoms with E-state index < -0.39 is 0 Å². The Morgan fingerprint density at radius 1 is 1.18 bits per heavy atom. The summed E-state index contributed by atoms with van der Waals surface area (Å²) in [7, 11) is 1.64. The van der Waals surface area contributed by atoms with Crippen molar-refractivity contribution in [2.45, 2.75) is 53.9 Å². The molecule has 0 bridgehead atoms. The molecular weight excluding hydrogens is 352 g/mol. The third-order valence-corrected chi connectivity index (χ3v) is 4.58. The van der Waals surface area contributed by atoms with Crippen molar-refractivity contribution < 1.29 is 9.59 Å². The highest BCUT2D eigenvalue weighted by atomic mass is 16.2. The van der Waals surface area contributed by atoms with Gasteiger partial charge in [0.25, 0.3) is 0 Å². The quantitative estimate of drug-likeness (QED) is 0.852. The van der Waals surface area contributed by atoms with Gasteiger partial charge in [-0.1, -0.05) is 52.3 Å². The Balaban J connectivity index is 2.36. The van der Waals surface area contributed by atoms with E-state index in [0.717, 1.165) is 16.9 Å². The number of carbonyl (C=O) groups is 2. The standard InChI is InChI=1S/C22H32N4O2/c1-14(2)21(28)25(8)13-20(27)23-19-12-18(22(5,6)7)24-26(19)17-10-9-15(3)11-16(17)4/h9-12,14H,13H2,1-8H3,(H,23,27). The summed E-state index contributed by atoms with van der Waals surface area (Å²) in [4.78, 5) is 26.1. The van der Waals surface area contributed by atoms with Crippen LogP contribution in [0.4, 0.5) is 5.82 Å². The largest absolute Gasteiger partial charge is 0.336 e. The molecule has 152 valence electrons. The monoisotopic (exact) mass is 384 g/mol. The van der Waals surface area contributed by atoms with Gasteiger partial charge in [0.15, 0.2) is 0 Å². The van der Waals surface area contributed by atoms with E-state index in [9.17, 15) is 9.59 Å². The molecule has 0 fully saturated rings. The van der Waals surface area contributed by atoms with Gasteiger partial charge in [-0.05, 0) is 25.5 Å². The average molecular weight is 385 g/mol. The maximum Gasteiger partial charge on any atom is 0.245 e. The number of aromatic nitrogens is 2. The van der Waals surface area contributed by atoms with Crippen molar-refractivity contribution in [3.8, 4) is 5.69 Å². The van der Waals surface area contributed by atoms with Crippen LogP contribution in [0.3, 0.4) is 0 Å². The van der Waals surface area contributed by atoms with E-state index in [1.807, 2.05) is 45.9 Å². The fourth-order valence-electron chi connectivity index (χ4n) is 2.98. The minimum Gasteiger partial charge on any atom is -0.336 e. The SMILES string of the molecule is Cc1ccc(-n2nc(C(C)(C)C)cc2NC(=O)CN(C)C(=O)C(C)C)c(C)c1. The number of anilines is 1. The molecule has 0 saturated carbocycles. The van der Waals surface area contributed by atoms with Crippen LogP contribution in [0.25, 0.3) is 5.69 Å². The van der Waals surface area contributed by atoms with Gasteiger partial charge < -0.3 is 10.2 Å². The van der Waals surface area contributed by atoms with E-state index >= 15 is 0 Å². The Morgan fingerprint density at radius 3 is 2.36 bits per heavy atom. The molecule has 0 aliphatic rings. The number of aryl methyl sites for hydroxylation is 2. The maximum atomic E-state index is 12.6. The van der Waals surface area contributed by atoms with Gasteiger partial charge in [0.05, 0.1) is 17.9 Å². The lowest BCUT2D eigenvalue weighted by molar-refractivity contribution is -0.136. The first-order chi connectivity index (χ1) is 12.9. The van der Waals surface area contributed by atoms with E-state index in [1.165, 1.54) is 10.5 Å². The molecule has 0 saturated heterocycles. The summed E-state index contributed by atoms with van der Waals surface area (Å²) in [6.07, 6.45) is 0. The molecule has 0 spiro atoms. The van der Waals surface area contributed by atoms with Crippen LogP contribution in [-0.4, -0.2) is 40.1 Å². The minimum atomic E-state index is -0.247. The fraction of sp³-hybridized carbons (Fsp3) is 0.500. The summed E-state index contributed by atoms with van der Waals surface area (Å²) in [5, 5.41) is 7.69.